The number of halogens is 1. The Hall–Kier alpha value is -3.03. The van der Waals surface area contributed by atoms with Crippen molar-refractivity contribution in [3.8, 4) is 11.5 Å². The smallest absolute Gasteiger partial charge is 0.264 e. The summed E-state index contributed by atoms with van der Waals surface area (Å²) in [5.41, 5.74) is 2.63. The van der Waals surface area contributed by atoms with Crippen molar-refractivity contribution in [1.82, 2.24) is 5.32 Å². The van der Waals surface area contributed by atoms with Gasteiger partial charge in [0.25, 0.3) is 5.91 Å². The number of carbonyl (C=O) groups excluding carboxylic acids is 1. The number of nitrogens with zero attached hydrogens (tertiary/aromatic N) is 1. The van der Waals surface area contributed by atoms with Crippen LogP contribution >= 0.6 is 27.7 Å². The summed E-state index contributed by atoms with van der Waals surface area (Å²) in [4.78, 5) is 17.6. The van der Waals surface area contributed by atoms with Gasteiger partial charge in [0.15, 0.2) is 5.17 Å². The van der Waals surface area contributed by atoms with Crippen molar-refractivity contribution in [3.63, 3.8) is 0 Å². The van der Waals surface area contributed by atoms with Gasteiger partial charge >= 0.3 is 0 Å². The lowest BCUT2D eigenvalue weighted by Gasteiger charge is -2.10. The molecule has 0 spiro atoms. The molecule has 0 unspecified atom stereocenters. The summed E-state index contributed by atoms with van der Waals surface area (Å²) in [7, 11) is 0. The van der Waals surface area contributed by atoms with E-state index in [4.69, 9.17) is 9.47 Å². The van der Waals surface area contributed by atoms with E-state index in [1.807, 2.05) is 85.8 Å². The van der Waals surface area contributed by atoms with Crippen molar-refractivity contribution in [3.05, 3.63) is 93.3 Å². The average Bonchev–Trinajstić information content (AvgIpc) is 3.14. The van der Waals surface area contributed by atoms with Gasteiger partial charge in [-0.1, -0.05) is 46.3 Å². The van der Waals surface area contributed by atoms with Gasteiger partial charge in [0, 0.05) is 10.0 Å². The Morgan fingerprint density at radius 1 is 1.03 bits per heavy atom. The maximum absolute atomic E-state index is 12.5. The highest BCUT2D eigenvalue weighted by Crippen LogP contribution is 2.32. The van der Waals surface area contributed by atoms with Crippen molar-refractivity contribution >= 4 is 50.5 Å². The predicted octanol–water partition coefficient (Wildman–Crippen LogP) is 6.32. The molecule has 0 aromatic heterocycles. The van der Waals surface area contributed by atoms with Crippen molar-refractivity contribution < 1.29 is 14.3 Å². The lowest BCUT2D eigenvalue weighted by Crippen LogP contribution is -2.19. The molecule has 0 atom stereocenters. The fourth-order valence-corrected chi connectivity index (χ4v) is 4.23. The molecule has 4 rings (SSSR count). The molecule has 3 aromatic rings. The van der Waals surface area contributed by atoms with Crippen LogP contribution in [0.1, 0.15) is 18.1 Å². The summed E-state index contributed by atoms with van der Waals surface area (Å²) < 4.78 is 12.4. The molecule has 3 aromatic carbocycles. The quantitative estimate of drug-likeness (QED) is 0.379. The Balaban J connectivity index is 1.52. The Labute approximate surface area is 199 Å². The number of amidine groups is 1. The number of amides is 1. The fourth-order valence-electron chi connectivity index (χ4n) is 3.02. The molecular weight excluding hydrogens is 488 g/mol. The molecule has 1 aliphatic heterocycles. The molecule has 1 amide bonds. The number of hydrogen-bond donors (Lipinski definition) is 1. The van der Waals surface area contributed by atoms with Crippen LogP contribution in [-0.4, -0.2) is 17.7 Å². The van der Waals surface area contributed by atoms with E-state index >= 15 is 0 Å². The number of benzene rings is 3. The summed E-state index contributed by atoms with van der Waals surface area (Å²) in [6.45, 7) is 3.00. The molecule has 1 fully saturated rings. The molecule has 1 aliphatic rings. The molecule has 1 heterocycles. The molecule has 162 valence electrons. The van der Waals surface area contributed by atoms with Crippen LogP contribution in [0.15, 0.2) is 87.2 Å². The molecule has 1 N–H and O–H groups in total. The first kappa shape index (κ1) is 22.2. The van der Waals surface area contributed by atoms with Gasteiger partial charge in [-0.3, -0.25) is 4.79 Å². The Bertz CT molecular complexity index is 1160. The van der Waals surface area contributed by atoms with Gasteiger partial charge in [-0.05, 0) is 72.8 Å². The number of ether oxygens (including phenoxy) is 2. The van der Waals surface area contributed by atoms with Gasteiger partial charge in [-0.2, -0.15) is 0 Å². The van der Waals surface area contributed by atoms with Crippen LogP contribution in [0, 0.1) is 0 Å². The summed E-state index contributed by atoms with van der Waals surface area (Å²) in [5.74, 6) is 1.31. The van der Waals surface area contributed by atoms with Crippen LogP contribution < -0.4 is 14.8 Å². The molecule has 5 nitrogen and oxygen atoms in total. The first-order valence-electron chi connectivity index (χ1n) is 10.1. The number of thioether (sulfide) groups is 1. The van der Waals surface area contributed by atoms with Crippen molar-refractivity contribution in [2.24, 2.45) is 4.99 Å². The van der Waals surface area contributed by atoms with Crippen molar-refractivity contribution in [2.45, 2.75) is 13.5 Å². The maximum atomic E-state index is 12.5. The molecule has 0 radical (unpaired) electrons. The lowest BCUT2D eigenvalue weighted by atomic mass is 10.2. The van der Waals surface area contributed by atoms with E-state index in [0.717, 1.165) is 27.0 Å². The topological polar surface area (TPSA) is 59.9 Å². The highest BCUT2D eigenvalue weighted by Gasteiger charge is 2.24. The summed E-state index contributed by atoms with van der Waals surface area (Å²) >= 11 is 4.80. The second kappa shape index (κ2) is 10.5. The van der Waals surface area contributed by atoms with E-state index in [0.29, 0.717) is 29.0 Å². The third-order valence-electron chi connectivity index (χ3n) is 4.52. The van der Waals surface area contributed by atoms with Crippen molar-refractivity contribution in [2.75, 3.05) is 6.61 Å². The van der Waals surface area contributed by atoms with E-state index < -0.39 is 0 Å². The fraction of sp³-hybridized carbons (Fsp3) is 0.120. The third kappa shape index (κ3) is 5.81. The Morgan fingerprint density at radius 2 is 1.81 bits per heavy atom. The third-order valence-corrected chi connectivity index (χ3v) is 5.93. The largest absolute Gasteiger partial charge is 0.494 e. The second-order valence-corrected chi connectivity index (χ2v) is 8.81. The minimum absolute atomic E-state index is 0.186. The highest BCUT2D eigenvalue weighted by molar-refractivity contribution is 9.10. The predicted molar refractivity (Wildman–Crippen MR) is 133 cm³/mol. The molecular formula is C25H21BrN2O3S. The van der Waals surface area contributed by atoms with Gasteiger partial charge in [0.05, 0.1) is 17.2 Å². The van der Waals surface area contributed by atoms with Crippen LogP contribution in [0.3, 0.4) is 0 Å². The maximum Gasteiger partial charge on any atom is 0.264 e. The summed E-state index contributed by atoms with van der Waals surface area (Å²) in [5, 5.41) is 3.36. The molecule has 0 bridgehead atoms. The summed E-state index contributed by atoms with van der Waals surface area (Å²) in [6.07, 6.45) is 1.83. The van der Waals surface area contributed by atoms with Gasteiger partial charge in [-0.15, -0.1) is 0 Å². The van der Waals surface area contributed by atoms with Gasteiger partial charge in [-0.25, -0.2) is 4.99 Å². The van der Waals surface area contributed by atoms with Crippen molar-refractivity contribution in [1.29, 1.82) is 0 Å². The second-order valence-electron chi connectivity index (χ2n) is 6.87. The van der Waals surface area contributed by atoms with E-state index in [9.17, 15) is 4.79 Å². The number of rotatable bonds is 7. The van der Waals surface area contributed by atoms with Gasteiger partial charge in [0.2, 0.25) is 0 Å². The first-order chi connectivity index (χ1) is 15.6. The minimum Gasteiger partial charge on any atom is -0.494 e. The van der Waals surface area contributed by atoms with Crippen LogP contribution in [0.5, 0.6) is 11.5 Å². The molecule has 32 heavy (non-hydrogen) atoms. The number of carbonyl (C=O) groups is 1. The molecule has 1 saturated heterocycles. The minimum atomic E-state index is -0.186. The van der Waals surface area contributed by atoms with E-state index in [-0.39, 0.29) is 5.91 Å². The lowest BCUT2D eigenvalue weighted by molar-refractivity contribution is -0.115. The first-order valence-corrected chi connectivity index (χ1v) is 11.7. The van der Waals surface area contributed by atoms with E-state index in [2.05, 4.69) is 26.2 Å². The van der Waals surface area contributed by atoms with Crippen LogP contribution in [0.4, 0.5) is 5.69 Å². The molecule has 0 saturated carbocycles. The van der Waals surface area contributed by atoms with Crippen LogP contribution in [-0.2, 0) is 11.4 Å². The van der Waals surface area contributed by atoms with Crippen LogP contribution in [0.2, 0.25) is 0 Å². The average molecular weight is 509 g/mol. The van der Waals surface area contributed by atoms with Gasteiger partial charge < -0.3 is 14.8 Å². The number of aliphatic imine (C=N–C) groups is 1. The number of hydrogen-bond acceptors (Lipinski definition) is 5. The van der Waals surface area contributed by atoms with Gasteiger partial charge in [0.1, 0.15) is 18.1 Å². The zero-order valence-electron chi connectivity index (χ0n) is 17.4. The van der Waals surface area contributed by atoms with E-state index in [1.165, 1.54) is 11.8 Å². The SMILES string of the molecule is CCOc1ccc(N=C2NC(=O)/C(=C\c3cc(Br)ccc3OCc3ccccc3)S2)cc1. The highest BCUT2D eigenvalue weighted by atomic mass is 79.9. The zero-order chi connectivity index (χ0) is 22.3. The number of nitrogens with one attached hydrogen (secondary N) is 1. The van der Waals surface area contributed by atoms with Crippen LogP contribution in [0.25, 0.3) is 6.08 Å². The summed E-state index contributed by atoms with van der Waals surface area (Å²) in [6, 6.07) is 23.1. The molecule has 7 heteroatoms. The monoisotopic (exact) mass is 508 g/mol. The molecule has 0 aliphatic carbocycles. The Kier molecular flexibility index (Phi) is 7.29. The normalized spacial score (nSPS) is 15.8. The Morgan fingerprint density at radius 3 is 2.56 bits per heavy atom. The standard InChI is InChI=1S/C25H21BrN2O3S/c1-2-30-21-11-9-20(10-12-21)27-25-28-24(29)23(32-25)15-18-14-19(26)8-13-22(18)31-16-17-6-4-3-5-7-17/h3-15H,2,16H2,1H3,(H,27,28,29)/b23-15+. The van der Waals surface area contributed by atoms with E-state index in [1.54, 1.807) is 0 Å². The zero-order valence-corrected chi connectivity index (χ0v) is 19.8.